The number of halogens is 3. The van der Waals surface area contributed by atoms with Gasteiger partial charge in [0.05, 0.1) is 12.2 Å². The average Bonchev–Trinajstić information content (AvgIpc) is 2.83. The van der Waals surface area contributed by atoms with E-state index < -0.39 is 0 Å². The fraction of sp³-hybridized carbons (Fsp3) is 0.474. The summed E-state index contributed by atoms with van der Waals surface area (Å²) in [7, 11) is 1.94. The van der Waals surface area contributed by atoms with Crippen molar-refractivity contribution in [1.29, 1.82) is 0 Å². The van der Waals surface area contributed by atoms with Crippen molar-refractivity contribution in [1.82, 2.24) is 20.4 Å². The second-order valence-electron chi connectivity index (χ2n) is 6.23. The van der Waals surface area contributed by atoms with E-state index in [-0.39, 0.29) is 29.8 Å². The lowest BCUT2D eigenvalue weighted by Gasteiger charge is -2.11. The third-order valence-electron chi connectivity index (χ3n) is 4.33. The lowest BCUT2D eigenvalue weighted by Crippen LogP contribution is -2.37. The van der Waals surface area contributed by atoms with Gasteiger partial charge in [0.2, 0.25) is 0 Å². The van der Waals surface area contributed by atoms with Gasteiger partial charge in [-0.3, -0.25) is 4.68 Å². The minimum atomic E-state index is -0.164. The Morgan fingerprint density at radius 3 is 2.63 bits per heavy atom. The molecule has 8 heteroatoms. The molecule has 0 fully saturated rings. The molecule has 0 saturated carbocycles. The van der Waals surface area contributed by atoms with Crippen LogP contribution in [0.2, 0.25) is 0 Å². The fourth-order valence-electron chi connectivity index (χ4n) is 2.76. The van der Waals surface area contributed by atoms with Crippen LogP contribution in [-0.2, 0) is 20.0 Å². The van der Waals surface area contributed by atoms with Crippen LogP contribution in [0.3, 0.4) is 0 Å². The van der Waals surface area contributed by atoms with E-state index in [1.807, 2.05) is 37.7 Å². The van der Waals surface area contributed by atoms with Crippen LogP contribution >= 0.6 is 39.9 Å². The van der Waals surface area contributed by atoms with E-state index in [4.69, 9.17) is 0 Å². The molecular weight excluding hydrogens is 524 g/mol. The summed E-state index contributed by atoms with van der Waals surface area (Å²) in [6.07, 6.45) is 1.51. The van der Waals surface area contributed by atoms with E-state index in [9.17, 15) is 4.39 Å². The second-order valence-corrected chi connectivity index (χ2v) is 7.15. The topological polar surface area (TPSA) is 54.2 Å². The Kier molecular flexibility index (Phi) is 10.3. The van der Waals surface area contributed by atoms with Crippen LogP contribution in [0.4, 0.5) is 4.39 Å². The maximum Gasteiger partial charge on any atom is 0.191 e. The smallest absolute Gasteiger partial charge is 0.191 e. The minimum Gasteiger partial charge on any atom is -0.357 e. The summed E-state index contributed by atoms with van der Waals surface area (Å²) in [4.78, 5) is 4.65. The quantitative estimate of drug-likeness (QED) is 0.234. The third-order valence-corrected chi connectivity index (χ3v) is 4.82. The Hall–Kier alpha value is -1.16. The van der Waals surface area contributed by atoms with Crippen molar-refractivity contribution in [3.63, 3.8) is 0 Å². The predicted octanol–water partition coefficient (Wildman–Crippen LogP) is 4.24. The van der Waals surface area contributed by atoms with Crippen molar-refractivity contribution >= 4 is 45.9 Å². The van der Waals surface area contributed by atoms with Crippen LogP contribution in [0, 0.1) is 19.7 Å². The number of hydrogen-bond acceptors (Lipinski definition) is 2. The van der Waals surface area contributed by atoms with E-state index in [1.54, 1.807) is 0 Å². The number of hydrogen-bond donors (Lipinski definition) is 2. The highest BCUT2D eigenvalue weighted by atomic mass is 127. The van der Waals surface area contributed by atoms with Crippen molar-refractivity contribution in [2.24, 2.45) is 12.0 Å². The molecule has 2 rings (SSSR count). The first kappa shape index (κ1) is 23.9. The Balaban J connectivity index is 0.00000364. The number of aryl methyl sites for hydroxylation is 3. The molecule has 0 spiro atoms. The summed E-state index contributed by atoms with van der Waals surface area (Å²) < 4.78 is 16.5. The number of rotatable bonds is 7. The van der Waals surface area contributed by atoms with E-state index >= 15 is 0 Å². The lowest BCUT2D eigenvalue weighted by atomic mass is 10.1. The van der Waals surface area contributed by atoms with Crippen molar-refractivity contribution in [3.8, 4) is 0 Å². The van der Waals surface area contributed by atoms with Crippen molar-refractivity contribution in [2.45, 2.75) is 40.2 Å². The standard InChI is InChI=1S/C19H27BrFN5.HI/c1-5-22-19(24-12-17-13(2)25-26(4)14(17)3)23-10-6-7-15-8-9-16(20)11-18(15)21;/h8-9,11H,5-7,10,12H2,1-4H3,(H2,22,23,24);1H. The average molecular weight is 552 g/mol. The first-order valence-electron chi connectivity index (χ1n) is 8.87. The van der Waals surface area contributed by atoms with E-state index in [2.05, 4.69) is 43.6 Å². The SMILES string of the molecule is CCNC(=NCc1c(C)nn(C)c1C)NCCCc1ccc(Br)cc1F.I. The molecule has 150 valence electrons. The highest BCUT2D eigenvalue weighted by Gasteiger charge is 2.09. The molecule has 0 unspecified atom stereocenters. The van der Waals surface area contributed by atoms with Gasteiger partial charge in [-0.1, -0.05) is 22.0 Å². The van der Waals surface area contributed by atoms with Crippen LogP contribution in [0.25, 0.3) is 0 Å². The molecule has 1 aromatic carbocycles. The summed E-state index contributed by atoms with van der Waals surface area (Å²) in [6, 6.07) is 5.20. The second kappa shape index (κ2) is 11.6. The molecular formula is C19H28BrFIN5. The summed E-state index contributed by atoms with van der Waals surface area (Å²) in [6.45, 7) is 8.20. The van der Waals surface area contributed by atoms with Gasteiger partial charge in [0.15, 0.2) is 5.96 Å². The molecule has 0 aliphatic rings. The van der Waals surface area contributed by atoms with E-state index in [1.165, 1.54) is 6.07 Å². The monoisotopic (exact) mass is 551 g/mol. The van der Waals surface area contributed by atoms with Gasteiger partial charge in [-0.05, 0) is 51.3 Å². The molecule has 5 nitrogen and oxygen atoms in total. The summed E-state index contributed by atoms with van der Waals surface area (Å²) in [5, 5.41) is 11.0. The van der Waals surface area contributed by atoms with Crippen LogP contribution in [-0.4, -0.2) is 28.8 Å². The zero-order valence-electron chi connectivity index (χ0n) is 16.3. The maximum atomic E-state index is 13.8. The molecule has 0 amide bonds. The first-order valence-corrected chi connectivity index (χ1v) is 9.66. The van der Waals surface area contributed by atoms with Crippen molar-refractivity contribution in [3.05, 3.63) is 51.0 Å². The molecule has 0 saturated heterocycles. The van der Waals surface area contributed by atoms with Crippen LogP contribution in [0.5, 0.6) is 0 Å². The van der Waals surface area contributed by atoms with E-state index in [0.29, 0.717) is 13.0 Å². The normalized spacial score (nSPS) is 11.3. The largest absolute Gasteiger partial charge is 0.357 e. The molecule has 2 aromatic rings. The number of nitrogens with zero attached hydrogens (tertiary/aromatic N) is 3. The van der Waals surface area contributed by atoms with Crippen molar-refractivity contribution < 1.29 is 4.39 Å². The molecule has 1 aromatic heterocycles. The summed E-state index contributed by atoms with van der Waals surface area (Å²) in [5.74, 6) is 0.605. The molecule has 0 atom stereocenters. The van der Waals surface area contributed by atoms with Gasteiger partial charge in [-0.2, -0.15) is 5.10 Å². The lowest BCUT2D eigenvalue weighted by molar-refractivity contribution is 0.602. The molecule has 1 heterocycles. The molecule has 2 N–H and O–H groups in total. The summed E-state index contributed by atoms with van der Waals surface area (Å²) in [5.41, 5.74) is 4.03. The molecule has 0 aliphatic heterocycles. The highest BCUT2D eigenvalue weighted by molar-refractivity contribution is 14.0. The molecule has 0 radical (unpaired) electrons. The maximum absolute atomic E-state index is 13.8. The number of guanidine groups is 1. The van der Waals surface area contributed by atoms with Crippen LogP contribution < -0.4 is 10.6 Å². The molecule has 0 bridgehead atoms. The van der Waals surface area contributed by atoms with Crippen LogP contribution in [0.1, 0.15) is 35.9 Å². The van der Waals surface area contributed by atoms with Gasteiger partial charge in [0, 0.05) is 35.9 Å². The van der Waals surface area contributed by atoms with Gasteiger partial charge in [0.1, 0.15) is 5.82 Å². The Bertz CT molecular complexity index is 776. The Morgan fingerprint density at radius 1 is 1.30 bits per heavy atom. The Labute approximate surface area is 186 Å². The van der Waals surface area contributed by atoms with Gasteiger partial charge < -0.3 is 10.6 Å². The van der Waals surface area contributed by atoms with Gasteiger partial charge in [-0.25, -0.2) is 9.38 Å². The van der Waals surface area contributed by atoms with E-state index in [0.717, 1.165) is 52.5 Å². The third kappa shape index (κ3) is 7.06. The zero-order valence-corrected chi connectivity index (χ0v) is 20.2. The van der Waals surface area contributed by atoms with Crippen LogP contribution in [0.15, 0.2) is 27.7 Å². The number of aromatic nitrogens is 2. The Morgan fingerprint density at radius 2 is 2.04 bits per heavy atom. The summed E-state index contributed by atoms with van der Waals surface area (Å²) >= 11 is 3.28. The zero-order chi connectivity index (χ0) is 19.1. The van der Waals surface area contributed by atoms with Crippen molar-refractivity contribution in [2.75, 3.05) is 13.1 Å². The fourth-order valence-corrected chi connectivity index (χ4v) is 3.09. The number of nitrogens with one attached hydrogen (secondary N) is 2. The van der Waals surface area contributed by atoms with Gasteiger partial charge in [0.25, 0.3) is 0 Å². The molecule has 27 heavy (non-hydrogen) atoms. The highest BCUT2D eigenvalue weighted by Crippen LogP contribution is 2.16. The predicted molar refractivity (Wildman–Crippen MR) is 123 cm³/mol. The number of aliphatic imine (C=N–C) groups is 1. The minimum absolute atomic E-state index is 0. The number of benzene rings is 1. The van der Waals surface area contributed by atoms with Gasteiger partial charge in [-0.15, -0.1) is 24.0 Å². The van der Waals surface area contributed by atoms with Gasteiger partial charge >= 0.3 is 0 Å². The first-order chi connectivity index (χ1) is 12.4. The molecule has 0 aliphatic carbocycles.